The Kier molecular flexibility index (Phi) is 5.33. The number of nitrogens with two attached hydrogens (primary N) is 1. The third-order valence-electron chi connectivity index (χ3n) is 1.81. The van der Waals surface area contributed by atoms with E-state index in [1.807, 2.05) is 5.43 Å². The maximum absolute atomic E-state index is 11.1. The van der Waals surface area contributed by atoms with Crippen LogP contribution in [0.25, 0.3) is 0 Å². The zero-order valence-electron chi connectivity index (χ0n) is 8.55. The first-order chi connectivity index (χ1) is 7.67. The summed E-state index contributed by atoms with van der Waals surface area (Å²) in [5, 5.41) is 17.7. The summed E-state index contributed by atoms with van der Waals surface area (Å²) in [5.74, 6) is 6.11. The van der Waals surface area contributed by atoms with Gasteiger partial charge in [0.1, 0.15) is 12.0 Å². The van der Waals surface area contributed by atoms with Crippen LogP contribution in [0.15, 0.2) is 16.7 Å². The highest BCUT2D eigenvalue weighted by molar-refractivity contribution is 7.98. The van der Waals surface area contributed by atoms with Crippen LogP contribution in [0.1, 0.15) is 16.1 Å². The van der Waals surface area contributed by atoms with E-state index in [1.54, 1.807) is 6.07 Å². The molecule has 5 N–H and O–H groups in total. The van der Waals surface area contributed by atoms with E-state index in [2.05, 4.69) is 0 Å². The predicted molar refractivity (Wildman–Crippen MR) is 59.6 cm³/mol. The Labute approximate surface area is 96.8 Å². The van der Waals surface area contributed by atoms with Gasteiger partial charge in [-0.1, -0.05) is 0 Å². The van der Waals surface area contributed by atoms with Gasteiger partial charge in [-0.05, 0) is 6.07 Å². The van der Waals surface area contributed by atoms with Gasteiger partial charge < -0.3 is 14.6 Å². The minimum Gasteiger partial charge on any atom is -0.468 e. The van der Waals surface area contributed by atoms with Gasteiger partial charge in [-0.25, -0.2) is 5.84 Å². The van der Waals surface area contributed by atoms with Crippen molar-refractivity contribution in [2.45, 2.75) is 11.9 Å². The van der Waals surface area contributed by atoms with Crippen molar-refractivity contribution in [2.75, 3.05) is 12.4 Å². The molecule has 1 heterocycles. The first-order valence-electron chi connectivity index (χ1n) is 4.62. The number of amides is 1. The van der Waals surface area contributed by atoms with Crippen molar-refractivity contribution in [1.29, 1.82) is 0 Å². The minimum absolute atomic E-state index is 0.258. The Morgan fingerprint density at radius 1 is 1.69 bits per heavy atom. The zero-order chi connectivity index (χ0) is 12.0. The average molecular weight is 246 g/mol. The van der Waals surface area contributed by atoms with Crippen LogP contribution in [0.4, 0.5) is 0 Å². The maximum atomic E-state index is 11.1. The highest BCUT2D eigenvalue weighted by Crippen LogP contribution is 2.16. The molecule has 1 amide bonds. The lowest BCUT2D eigenvalue weighted by Gasteiger charge is -2.04. The van der Waals surface area contributed by atoms with Gasteiger partial charge in [0, 0.05) is 5.75 Å². The molecule has 0 radical (unpaired) electrons. The van der Waals surface area contributed by atoms with E-state index < -0.39 is 12.0 Å². The lowest BCUT2D eigenvalue weighted by Crippen LogP contribution is -2.29. The number of hydrogen-bond donors (Lipinski definition) is 4. The van der Waals surface area contributed by atoms with Crippen molar-refractivity contribution >= 4 is 17.7 Å². The summed E-state index contributed by atoms with van der Waals surface area (Å²) in [6.07, 6.45) is 0.590. The number of hydrogen-bond acceptors (Lipinski definition) is 6. The molecule has 90 valence electrons. The van der Waals surface area contributed by atoms with Gasteiger partial charge in [-0.15, -0.1) is 0 Å². The molecule has 0 spiro atoms. The van der Waals surface area contributed by atoms with Crippen LogP contribution in [0, 0.1) is 0 Å². The summed E-state index contributed by atoms with van der Waals surface area (Å²) in [6.45, 7) is -0.258. The predicted octanol–water partition coefficient (Wildman–Crippen LogP) is -0.531. The number of nitrogens with one attached hydrogen (secondary N) is 1. The van der Waals surface area contributed by atoms with Crippen molar-refractivity contribution in [3.8, 4) is 0 Å². The molecule has 16 heavy (non-hydrogen) atoms. The highest BCUT2D eigenvalue weighted by Gasteiger charge is 2.09. The van der Waals surface area contributed by atoms with Crippen LogP contribution in [0.5, 0.6) is 0 Å². The van der Waals surface area contributed by atoms with E-state index >= 15 is 0 Å². The molecule has 0 aliphatic rings. The summed E-state index contributed by atoms with van der Waals surface area (Å²) in [4.78, 5) is 11.1. The van der Waals surface area contributed by atoms with E-state index in [9.17, 15) is 4.79 Å². The second kappa shape index (κ2) is 6.54. The van der Waals surface area contributed by atoms with Crippen LogP contribution in [0.3, 0.4) is 0 Å². The maximum Gasteiger partial charge on any atom is 0.268 e. The monoisotopic (exact) mass is 246 g/mol. The molecule has 1 aromatic rings. The molecule has 1 aromatic heterocycles. The van der Waals surface area contributed by atoms with Gasteiger partial charge in [0.15, 0.2) is 0 Å². The quantitative estimate of drug-likeness (QED) is 0.305. The molecular formula is C9H14N2O4S. The van der Waals surface area contributed by atoms with E-state index in [0.717, 1.165) is 0 Å². The number of carbonyl (C=O) groups excluding carboxylic acids is 1. The molecule has 1 unspecified atom stereocenters. The number of rotatable bonds is 6. The number of thioether (sulfide) groups is 1. The fraction of sp³-hybridized carbons (Fsp3) is 0.444. The smallest absolute Gasteiger partial charge is 0.268 e. The largest absolute Gasteiger partial charge is 0.468 e. The molecule has 0 aromatic carbocycles. The summed E-state index contributed by atoms with van der Waals surface area (Å²) < 4.78 is 5.12. The normalized spacial score (nSPS) is 12.4. The van der Waals surface area contributed by atoms with Crippen LogP contribution in [0.2, 0.25) is 0 Å². The SMILES string of the molecule is NNC(=O)c1coc(CSCC(O)CO)c1. The van der Waals surface area contributed by atoms with Gasteiger partial charge >= 0.3 is 0 Å². The van der Waals surface area contributed by atoms with Crippen LogP contribution in [-0.4, -0.2) is 34.6 Å². The topological polar surface area (TPSA) is 109 Å². The van der Waals surface area contributed by atoms with Gasteiger partial charge in [0.05, 0.1) is 24.0 Å². The first kappa shape index (κ1) is 13.0. The van der Waals surface area contributed by atoms with E-state index in [-0.39, 0.29) is 6.61 Å². The van der Waals surface area contributed by atoms with Crippen LogP contribution in [-0.2, 0) is 5.75 Å². The second-order valence-electron chi connectivity index (χ2n) is 3.13. The van der Waals surface area contributed by atoms with Gasteiger partial charge in [-0.2, -0.15) is 11.8 Å². The van der Waals surface area contributed by atoms with Crippen molar-refractivity contribution in [2.24, 2.45) is 5.84 Å². The van der Waals surface area contributed by atoms with Crippen LogP contribution < -0.4 is 11.3 Å². The summed E-state index contributed by atoms with van der Waals surface area (Å²) in [6, 6.07) is 1.58. The Hall–Kier alpha value is -1.02. The fourth-order valence-corrected chi connectivity index (χ4v) is 1.85. The standard InChI is InChI=1S/C9H14N2O4S/c10-11-9(14)6-1-8(15-3-6)5-16-4-7(13)2-12/h1,3,7,12-13H,2,4-5,10H2,(H,11,14). The van der Waals surface area contributed by atoms with Crippen molar-refractivity contribution in [3.63, 3.8) is 0 Å². The number of hydrazine groups is 1. The first-order valence-corrected chi connectivity index (χ1v) is 5.78. The fourth-order valence-electron chi connectivity index (χ4n) is 1.01. The van der Waals surface area contributed by atoms with Crippen molar-refractivity contribution < 1.29 is 19.4 Å². The lowest BCUT2D eigenvalue weighted by molar-refractivity contribution is 0.0953. The second-order valence-corrected chi connectivity index (χ2v) is 4.16. The number of nitrogen functional groups attached to an aromatic ring is 1. The van der Waals surface area contributed by atoms with Crippen LogP contribution >= 0.6 is 11.8 Å². The molecular weight excluding hydrogens is 232 g/mol. The molecule has 0 fully saturated rings. The Morgan fingerprint density at radius 2 is 2.44 bits per heavy atom. The minimum atomic E-state index is -0.730. The highest BCUT2D eigenvalue weighted by atomic mass is 32.2. The average Bonchev–Trinajstić information content (AvgIpc) is 2.76. The number of aliphatic hydroxyl groups excluding tert-OH is 2. The molecule has 6 nitrogen and oxygen atoms in total. The third-order valence-corrected chi connectivity index (χ3v) is 2.92. The summed E-state index contributed by atoms with van der Waals surface area (Å²) in [7, 11) is 0. The van der Waals surface area contributed by atoms with Gasteiger partial charge in [-0.3, -0.25) is 10.2 Å². The molecule has 1 atom stereocenters. The third kappa shape index (κ3) is 3.86. The molecule has 0 aliphatic carbocycles. The summed E-state index contributed by atoms with van der Waals surface area (Å²) >= 11 is 1.40. The molecule has 0 bridgehead atoms. The molecule has 0 saturated carbocycles. The number of furan rings is 1. The van der Waals surface area contributed by atoms with Crippen molar-refractivity contribution in [1.82, 2.24) is 5.43 Å². The molecule has 7 heteroatoms. The molecule has 0 aliphatic heterocycles. The van der Waals surface area contributed by atoms with Gasteiger partial charge in [0.2, 0.25) is 0 Å². The molecule has 0 saturated heterocycles. The van der Waals surface area contributed by atoms with E-state index in [4.69, 9.17) is 20.5 Å². The zero-order valence-corrected chi connectivity index (χ0v) is 9.37. The Morgan fingerprint density at radius 3 is 3.06 bits per heavy atom. The van der Waals surface area contributed by atoms with Gasteiger partial charge in [0.25, 0.3) is 5.91 Å². The van der Waals surface area contributed by atoms with E-state index in [0.29, 0.717) is 22.8 Å². The lowest BCUT2D eigenvalue weighted by atomic mass is 10.3. The Bertz CT molecular complexity index is 342. The number of aliphatic hydroxyl groups is 2. The summed E-state index contributed by atoms with van der Waals surface area (Å²) in [5.41, 5.74) is 2.36. The number of carbonyl (C=O) groups is 1. The Balaban J connectivity index is 2.38. The molecule has 1 rings (SSSR count). The van der Waals surface area contributed by atoms with E-state index in [1.165, 1.54) is 18.0 Å². The van der Waals surface area contributed by atoms with Crippen molar-refractivity contribution in [3.05, 3.63) is 23.7 Å².